The molecule has 1 nitrogen and oxygen atoms in total. The summed E-state index contributed by atoms with van der Waals surface area (Å²) >= 11 is 0. The van der Waals surface area contributed by atoms with Crippen molar-refractivity contribution in [2.75, 3.05) is 7.11 Å². The Hall–Kier alpha value is -0.300. The van der Waals surface area contributed by atoms with E-state index in [4.69, 9.17) is 4.74 Å². The molecular formula is C32H56O. The summed E-state index contributed by atoms with van der Waals surface area (Å²) in [4.78, 5) is 0. The average Bonchev–Trinajstić information content (AvgIpc) is 3.19. The fourth-order valence-electron chi connectivity index (χ4n) is 11.7. The summed E-state index contributed by atoms with van der Waals surface area (Å²) in [5, 5.41) is 0. The fourth-order valence-corrected chi connectivity index (χ4v) is 11.7. The molecule has 5 fully saturated rings. The van der Waals surface area contributed by atoms with Gasteiger partial charge in [0.1, 0.15) is 0 Å². The highest BCUT2D eigenvalue weighted by atomic mass is 16.5. The topological polar surface area (TPSA) is 9.23 Å². The van der Waals surface area contributed by atoms with Crippen molar-refractivity contribution in [2.24, 2.45) is 50.7 Å². The van der Waals surface area contributed by atoms with Crippen LogP contribution in [0.3, 0.4) is 0 Å². The van der Waals surface area contributed by atoms with E-state index >= 15 is 0 Å². The van der Waals surface area contributed by atoms with Crippen LogP contribution in [0.4, 0.5) is 0 Å². The minimum Gasteiger partial charge on any atom is -0.381 e. The highest BCUT2D eigenvalue weighted by Gasteiger charge is 2.69. The van der Waals surface area contributed by atoms with Crippen LogP contribution in [0.25, 0.3) is 0 Å². The smallest absolute Gasteiger partial charge is 0.0625 e. The molecule has 0 N–H and O–H groups in total. The van der Waals surface area contributed by atoms with Crippen molar-refractivity contribution < 1.29 is 4.74 Å². The summed E-state index contributed by atoms with van der Waals surface area (Å²) in [7, 11) is 1.96. The molecule has 0 spiro atoms. The molecular weight excluding hydrogens is 400 g/mol. The molecule has 0 heterocycles. The molecule has 0 aliphatic heterocycles. The summed E-state index contributed by atoms with van der Waals surface area (Å²) in [5.74, 6) is 3.77. The Morgan fingerprint density at radius 2 is 1.48 bits per heavy atom. The maximum absolute atomic E-state index is 6.04. The second kappa shape index (κ2) is 8.67. The van der Waals surface area contributed by atoms with Crippen LogP contribution in [0, 0.1) is 50.7 Å². The molecule has 33 heavy (non-hydrogen) atoms. The molecule has 5 aliphatic carbocycles. The Kier molecular flexibility index (Phi) is 6.77. The van der Waals surface area contributed by atoms with Crippen molar-refractivity contribution in [3.05, 3.63) is 12.7 Å². The van der Waals surface area contributed by atoms with Crippen LogP contribution < -0.4 is 0 Å². The van der Waals surface area contributed by atoms with E-state index in [0.717, 1.165) is 23.7 Å². The fraction of sp³-hybridized carbons (Fsp3) is 0.938. The molecule has 1 heteroatoms. The first kappa shape index (κ1) is 25.8. The highest BCUT2D eigenvalue weighted by Crippen LogP contribution is 2.77. The molecule has 0 saturated heterocycles. The van der Waals surface area contributed by atoms with Gasteiger partial charge in [-0.25, -0.2) is 0 Å². The Morgan fingerprint density at radius 3 is 2.12 bits per heavy atom. The molecule has 9 atom stereocenters. The predicted molar refractivity (Wildman–Crippen MR) is 142 cm³/mol. The van der Waals surface area contributed by atoms with Crippen molar-refractivity contribution in [3.8, 4) is 0 Å². The van der Waals surface area contributed by atoms with E-state index < -0.39 is 0 Å². The van der Waals surface area contributed by atoms with E-state index in [-0.39, 0.29) is 0 Å². The second-order valence-electron chi connectivity index (χ2n) is 14.4. The largest absolute Gasteiger partial charge is 0.381 e. The number of fused-ring (bicyclic) bond motifs is 7. The van der Waals surface area contributed by atoms with E-state index in [1.54, 1.807) is 6.08 Å². The molecule has 0 radical (unpaired) electrons. The SMILES string of the molecule is C=CC.CCC12CCCC1C1CCC3[C@@]4(C)CCC(OC)C(C)(C)C4CC[C@@]3(C)[C@]1(C)CC2. The molecule has 0 bridgehead atoms. The molecule has 0 aromatic carbocycles. The maximum atomic E-state index is 6.04. The molecule has 5 aliphatic rings. The van der Waals surface area contributed by atoms with E-state index in [9.17, 15) is 0 Å². The van der Waals surface area contributed by atoms with E-state index in [2.05, 4.69) is 48.1 Å². The first-order chi connectivity index (χ1) is 15.5. The van der Waals surface area contributed by atoms with Gasteiger partial charge in [-0.1, -0.05) is 60.5 Å². The van der Waals surface area contributed by atoms with Gasteiger partial charge in [0.05, 0.1) is 6.10 Å². The first-order valence-corrected chi connectivity index (χ1v) is 14.6. The zero-order valence-corrected chi connectivity index (χ0v) is 23.6. The average molecular weight is 457 g/mol. The van der Waals surface area contributed by atoms with Crippen LogP contribution in [-0.2, 0) is 4.74 Å². The van der Waals surface area contributed by atoms with E-state index in [1.165, 1.54) is 77.0 Å². The van der Waals surface area contributed by atoms with Crippen molar-refractivity contribution >= 4 is 0 Å². The van der Waals surface area contributed by atoms with Gasteiger partial charge in [-0.3, -0.25) is 0 Å². The summed E-state index contributed by atoms with van der Waals surface area (Å²) in [6.45, 7) is 21.1. The summed E-state index contributed by atoms with van der Waals surface area (Å²) in [6, 6.07) is 0. The molecule has 0 aromatic rings. The van der Waals surface area contributed by atoms with Crippen LogP contribution in [-0.4, -0.2) is 13.2 Å². The van der Waals surface area contributed by atoms with Crippen molar-refractivity contribution in [1.82, 2.24) is 0 Å². The van der Waals surface area contributed by atoms with Crippen LogP contribution in [0.2, 0.25) is 0 Å². The third kappa shape index (κ3) is 3.40. The zero-order chi connectivity index (χ0) is 24.3. The lowest BCUT2D eigenvalue weighted by atomic mass is 9.32. The lowest BCUT2D eigenvalue weighted by Crippen LogP contribution is -2.66. The van der Waals surface area contributed by atoms with Gasteiger partial charge in [-0.15, -0.1) is 6.58 Å². The number of methoxy groups -OCH3 is 1. The van der Waals surface area contributed by atoms with Gasteiger partial charge in [-0.05, 0) is 122 Å². The monoisotopic (exact) mass is 456 g/mol. The first-order valence-electron chi connectivity index (χ1n) is 14.6. The highest BCUT2D eigenvalue weighted by molar-refractivity contribution is 5.18. The summed E-state index contributed by atoms with van der Waals surface area (Å²) in [6.07, 6.45) is 19.9. The summed E-state index contributed by atoms with van der Waals surface area (Å²) < 4.78 is 6.04. The third-order valence-corrected chi connectivity index (χ3v) is 13.5. The van der Waals surface area contributed by atoms with Crippen molar-refractivity contribution in [1.29, 1.82) is 0 Å². The van der Waals surface area contributed by atoms with Crippen LogP contribution >= 0.6 is 0 Å². The predicted octanol–water partition coefficient (Wildman–Crippen LogP) is 9.46. The molecule has 0 amide bonds. The summed E-state index contributed by atoms with van der Waals surface area (Å²) in [5.41, 5.74) is 2.65. The van der Waals surface area contributed by atoms with Crippen molar-refractivity contribution in [2.45, 2.75) is 132 Å². The Labute approximate surface area is 206 Å². The van der Waals surface area contributed by atoms with E-state index in [0.29, 0.717) is 33.2 Å². The number of rotatable bonds is 2. The minimum absolute atomic E-state index is 0.316. The van der Waals surface area contributed by atoms with Gasteiger partial charge in [0.2, 0.25) is 0 Å². The lowest BCUT2D eigenvalue weighted by Gasteiger charge is -2.73. The lowest BCUT2D eigenvalue weighted by molar-refractivity contribution is -0.247. The molecule has 5 rings (SSSR count). The van der Waals surface area contributed by atoms with Crippen molar-refractivity contribution in [3.63, 3.8) is 0 Å². The quantitative estimate of drug-likeness (QED) is 0.376. The van der Waals surface area contributed by atoms with Gasteiger partial charge in [-0.2, -0.15) is 0 Å². The minimum atomic E-state index is 0.316. The number of hydrogen-bond acceptors (Lipinski definition) is 1. The second-order valence-corrected chi connectivity index (χ2v) is 14.4. The van der Waals surface area contributed by atoms with Gasteiger partial charge in [0.15, 0.2) is 0 Å². The normalized spacial score (nSPS) is 52.3. The van der Waals surface area contributed by atoms with Gasteiger partial charge in [0.25, 0.3) is 0 Å². The van der Waals surface area contributed by atoms with E-state index in [1.807, 2.05) is 14.0 Å². The Bertz CT molecular complexity index is 724. The number of allylic oxidation sites excluding steroid dienone is 1. The van der Waals surface area contributed by atoms with Gasteiger partial charge >= 0.3 is 0 Å². The zero-order valence-electron chi connectivity index (χ0n) is 23.6. The standard InChI is InChI=1S/C29H50O.C3H6/c1-8-29-15-9-10-21(29)20-11-12-23-26(4)16-14-24(30-7)25(2,3)22(26)13-17-28(23,6)27(20,5)18-19-29;1-3-2/h20-24H,8-19H2,1-7H3;3H,1H2,2H3/t20?,21?,22?,23?,24?,26-,27+,28+,29?;/m0./s1. The third-order valence-electron chi connectivity index (χ3n) is 13.5. The molecule has 190 valence electrons. The van der Waals surface area contributed by atoms with Crippen LogP contribution in [0.15, 0.2) is 12.7 Å². The van der Waals surface area contributed by atoms with Gasteiger partial charge < -0.3 is 4.74 Å². The Morgan fingerprint density at radius 1 is 0.788 bits per heavy atom. The number of hydrogen-bond donors (Lipinski definition) is 0. The molecule has 6 unspecified atom stereocenters. The molecule has 5 saturated carbocycles. The number of ether oxygens (including phenoxy) is 1. The van der Waals surface area contributed by atoms with Gasteiger partial charge in [0, 0.05) is 7.11 Å². The van der Waals surface area contributed by atoms with Crippen LogP contribution in [0.1, 0.15) is 126 Å². The maximum Gasteiger partial charge on any atom is 0.0625 e. The Balaban J connectivity index is 0.000000821. The van der Waals surface area contributed by atoms with Crippen LogP contribution in [0.5, 0.6) is 0 Å². The molecule has 0 aromatic heterocycles.